The Morgan fingerprint density at radius 2 is 1.88 bits per heavy atom. The van der Waals surface area contributed by atoms with Gasteiger partial charge >= 0.3 is 6.09 Å². The molecule has 1 aliphatic heterocycles. The fourth-order valence-corrected chi connectivity index (χ4v) is 5.76. The van der Waals surface area contributed by atoms with Crippen LogP contribution >= 0.6 is 11.3 Å². The van der Waals surface area contributed by atoms with E-state index in [1.807, 2.05) is 55.1 Å². The largest absolute Gasteiger partial charge is 0.441 e. The van der Waals surface area contributed by atoms with Crippen molar-refractivity contribution in [2.24, 2.45) is 0 Å². The smallest absolute Gasteiger partial charge is 0.411 e. The molecule has 1 saturated carbocycles. The maximum Gasteiger partial charge on any atom is 0.411 e. The number of benzene rings is 2. The number of nitrogens with one attached hydrogen (secondary N) is 1. The molecule has 1 N–H and O–H groups in total. The van der Waals surface area contributed by atoms with Crippen molar-refractivity contribution in [3.05, 3.63) is 65.2 Å². The summed E-state index contributed by atoms with van der Waals surface area (Å²) < 4.78 is 6.85. The van der Waals surface area contributed by atoms with E-state index in [2.05, 4.69) is 22.4 Å². The quantitative estimate of drug-likeness (QED) is 0.586. The zero-order chi connectivity index (χ0) is 22.3. The van der Waals surface area contributed by atoms with Crippen molar-refractivity contribution in [3.8, 4) is 0 Å². The van der Waals surface area contributed by atoms with Crippen LogP contribution in [0, 0.1) is 0 Å². The molecule has 2 amide bonds. The third kappa shape index (κ3) is 3.86. The van der Waals surface area contributed by atoms with E-state index in [1.54, 1.807) is 16.8 Å². The molecular formula is C25H27N3O3S. The Hall–Kier alpha value is -2.93. The van der Waals surface area contributed by atoms with E-state index >= 15 is 0 Å². The first-order valence-corrected chi connectivity index (χ1v) is 12.0. The summed E-state index contributed by atoms with van der Waals surface area (Å²) in [6, 6.07) is 15.9. The molecule has 2 aromatic carbocycles. The van der Waals surface area contributed by atoms with Gasteiger partial charge in [0.05, 0.1) is 21.8 Å². The van der Waals surface area contributed by atoms with E-state index in [0.717, 1.165) is 41.5 Å². The summed E-state index contributed by atoms with van der Waals surface area (Å²) in [6.07, 6.45) is 3.10. The molecule has 166 valence electrons. The van der Waals surface area contributed by atoms with Crippen molar-refractivity contribution in [1.29, 1.82) is 0 Å². The van der Waals surface area contributed by atoms with Gasteiger partial charge in [-0.05, 0) is 63.3 Å². The summed E-state index contributed by atoms with van der Waals surface area (Å²) in [5.41, 5.74) is 3.79. The van der Waals surface area contributed by atoms with Crippen LogP contribution in [-0.4, -0.2) is 39.6 Å². The summed E-state index contributed by atoms with van der Waals surface area (Å²) in [6.45, 7) is 3.96. The van der Waals surface area contributed by atoms with Crippen LogP contribution in [0.2, 0.25) is 0 Å². The number of amides is 2. The molecule has 2 heterocycles. The average molecular weight is 450 g/mol. The molecule has 1 saturated heterocycles. The van der Waals surface area contributed by atoms with Crippen LogP contribution < -0.4 is 5.32 Å². The van der Waals surface area contributed by atoms with E-state index in [0.29, 0.717) is 5.56 Å². The SMILES string of the molecule is CC1(C)OC(=O)N([C@H]2CC[C@H](NC(=O)c3ccc4scnc4c3)CC2)[C@H]1c1ccccc1. The molecule has 0 radical (unpaired) electrons. The second kappa shape index (κ2) is 8.20. The number of thiazole rings is 1. The number of cyclic esters (lactones) is 1. The molecule has 2 fully saturated rings. The highest BCUT2D eigenvalue weighted by molar-refractivity contribution is 7.16. The lowest BCUT2D eigenvalue weighted by Crippen LogP contribution is -2.46. The molecule has 5 rings (SSSR count). The first kappa shape index (κ1) is 20.9. The molecule has 0 bridgehead atoms. The molecule has 0 spiro atoms. The Morgan fingerprint density at radius 1 is 1.12 bits per heavy atom. The number of hydrogen-bond acceptors (Lipinski definition) is 5. The van der Waals surface area contributed by atoms with Gasteiger partial charge in [-0.3, -0.25) is 9.69 Å². The molecule has 2 aliphatic rings. The van der Waals surface area contributed by atoms with Gasteiger partial charge in [0.2, 0.25) is 0 Å². The number of carbonyl (C=O) groups excluding carboxylic acids is 2. The zero-order valence-electron chi connectivity index (χ0n) is 18.3. The van der Waals surface area contributed by atoms with Crippen LogP contribution in [0.1, 0.15) is 61.5 Å². The van der Waals surface area contributed by atoms with Crippen LogP contribution in [-0.2, 0) is 4.74 Å². The normalized spacial score (nSPS) is 25.0. The third-order valence-corrected chi connectivity index (χ3v) is 7.44. The van der Waals surface area contributed by atoms with Crippen LogP contribution in [0.4, 0.5) is 4.79 Å². The number of hydrogen-bond donors (Lipinski definition) is 1. The van der Waals surface area contributed by atoms with Crippen molar-refractivity contribution >= 4 is 33.6 Å². The number of fused-ring (bicyclic) bond motifs is 1. The molecule has 1 atom stereocenters. The summed E-state index contributed by atoms with van der Waals surface area (Å²) in [5, 5.41) is 3.18. The van der Waals surface area contributed by atoms with Crippen LogP contribution in [0.5, 0.6) is 0 Å². The van der Waals surface area contributed by atoms with Crippen molar-refractivity contribution < 1.29 is 14.3 Å². The average Bonchev–Trinajstić information content (AvgIpc) is 3.35. The number of rotatable bonds is 4. The maximum absolute atomic E-state index is 12.8. The molecule has 7 heteroatoms. The monoisotopic (exact) mass is 449 g/mol. The molecule has 32 heavy (non-hydrogen) atoms. The standard InChI is InChI=1S/C25H27N3O3S/c1-25(2)22(16-6-4-3-5-7-16)28(24(30)31-25)19-11-9-18(10-12-19)27-23(29)17-8-13-21-20(14-17)26-15-32-21/h3-8,13-15,18-19,22H,9-12H2,1-2H3,(H,27,29)/t18-,19-,22-/m0/s1. The van der Waals surface area contributed by atoms with E-state index in [-0.39, 0.29) is 30.1 Å². The van der Waals surface area contributed by atoms with Gasteiger partial charge in [-0.1, -0.05) is 30.3 Å². The minimum absolute atomic E-state index is 0.0628. The molecule has 6 nitrogen and oxygen atoms in total. The zero-order valence-corrected chi connectivity index (χ0v) is 19.1. The van der Waals surface area contributed by atoms with Crippen molar-refractivity contribution in [2.75, 3.05) is 0 Å². The van der Waals surface area contributed by atoms with Crippen LogP contribution in [0.25, 0.3) is 10.2 Å². The van der Waals surface area contributed by atoms with Gasteiger partial charge < -0.3 is 10.1 Å². The van der Waals surface area contributed by atoms with E-state index in [9.17, 15) is 9.59 Å². The first-order valence-electron chi connectivity index (χ1n) is 11.1. The predicted molar refractivity (Wildman–Crippen MR) is 125 cm³/mol. The highest BCUT2D eigenvalue weighted by Gasteiger charge is 2.51. The maximum atomic E-state index is 12.8. The van der Waals surface area contributed by atoms with Crippen molar-refractivity contribution in [2.45, 2.75) is 63.3 Å². The first-order chi connectivity index (χ1) is 15.4. The van der Waals surface area contributed by atoms with Gasteiger partial charge in [-0.2, -0.15) is 0 Å². The summed E-state index contributed by atoms with van der Waals surface area (Å²) in [4.78, 5) is 31.8. The Bertz CT molecular complexity index is 1140. The van der Waals surface area contributed by atoms with Gasteiger partial charge in [0, 0.05) is 17.6 Å². The van der Waals surface area contributed by atoms with Gasteiger partial charge in [-0.15, -0.1) is 11.3 Å². The Balaban J connectivity index is 1.25. The molecular weight excluding hydrogens is 422 g/mol. The van der Waals surface area contributed by atoms with Crippen molar-refractivity contribution in [1.82, 2.24) is 15.2 Å². The topological polar surface area (TPSA) is 71.5 Å². The Kier molecular flexibility index (Phi) is 5.37. The Morgan fingerprint density at radius 3 is 2.62 bits per heavy atom. The molecule has 1 aliphatic carbocycles. The van der Waals surface area contributed by atoms with E-state index in [1.165, 1.54) is 0 Å². The summed E-state index contributed by atoms with van der Waals surface area (Å²) in [5.74, 6) is -0.0628. The minimum atomic E-state index is -0.585. The second-order valence-electron chi connectivity index (χ2n) is 9.21. The van der Waals surface area contributed by atoms with Gasteiger partial charge in [-0.25, -0.2) is 9.78 Å². The van der Waals surface area contributed by atoms with Crippen molar-refractivity contribution in [3.63, 3.8) is 0 Å². The molecule has 3 aromatic rings. The fraction of sp³-hybridized carbons (Fsp3) is 0.400. The lowest BCUT2D eigenvalue weighted by Gasteiger charge is -2.38. The lowest BCUT2D eigenvalue weighted by molar-refractivity contribution is 0.0663. The fourth-order valence-electron chi connectivity index (χ4n) is 5.10. The minimum Gasteiger partial charge on any atom is -0.441 e. The van der Waals surface area contributed by atoms with E-state index in [4.69, 9.17) is 4.74 Å². The number of nitrogens with zero attached hydrogens (tertiary/aromatic N) is 2. The second-order valence-corrected chi connectivity index (χ2v) is 10.1. The number of ether oxygens (including phenoxy) is 1. The number of carbonyl (C=O) groups is 2. The van der Waals surface area contributed by atoms with Gasteiger partial charge in [0.15, 0.2) is 0 Å². The summed E-state index contributed by atoms with van der Waals surface area (Å²) in [7, 11) is 0. The predicted octanol–water partition coefficient (Wildman–Crippen LogP) is 5.31. The van der Waals surface area contributed by atoms with Gasteiger partial charge in [0.1, 0.15) is 5.60 Å². The van der Waals surface area contributed by atoms with Crippen LogP contribution in [0.3, 0.4) is 0 Å². The summed E-state index contributed by atoms with van der Waals surface area (Å²) >= 11 is 1.57. The number of aromatic nitrogens is 1. The van der Waals surface area contributed by atoms with Crippen LogP contribution in [0.15, 0.2) is 54.0 Å². The lowest BCUT2D eigenvalue weighted by atomic mass is 9.86. The third-order valence-electron chi connectivity index (χ3n) is 6.63. The van der Waals surface area contributed by atoms with E-state index < -0.39 is 5.60 Å². The Labute approximate surface area is 191 Å². The molecule has 0 unspecified atom stereocenters. The highest BCUT2D eigenvalue weighted by Crippen LogP contribution is 2.44. The molecule has 1 aromatic heterocycles. The van der Waals surface area contributed by atoms with Gasteiger partial charge in [0.25, 0.3) is 5.91 Å². The highest BCUT2D eigenvalue weighted by atomic mass is 32.1.